The second-order valence-electron chi connectivity index (χ2n) is 7.66. The van der Waals surface area contributed by atoms with Crippen molar-refractivity contribution in [2.24, 2.45) is 0 Å². The summed E-state index contributed by atoms with van der Waals surface area (Å²) >= 11 is 6.09. The Balaban J connectivity index is 1.29. The van der Waals surface area contributed by atoms with E-state index in [2.05, 4.69) is 20.1 Å². The van der Waals surface area contributed by atoms with E-state index in [1.54, 1.807) is 24.3 Å². The molecule has 9 nitrogen and oxygen atoms in total. The number of piperazine rings is 1. The van der Waals surface area contributed by atoms with Gasteiger partial charge in [-0.15, -0.1) is 0 Å². The number of benzene rings is 1. The summed E-state index contributed by atoms with van der Waals surface area (Å²) in [7, 11) is -3.55. The van der Waals surface area contributed by atoms with Crippen LogP contribution in [0.5, 0.6) is 0 Å². The monoisotopic (exact) mass is 479 g/mol. The summed E-state index contributed by atoms with van der Waals surface area (Å²) in [5, 5.41) is 3.35. The zero-order valence-electron chi connectivity index (χ0n) is 17.6. The number of rotatable bonds is 6. The number of amides is 1. The van der Waals surface area contributed by atoms with Gasteiger partial charge in [-0.25, -0.2) is 13.4 Å². The molecule has 2 aromatic rings. The van der Waals surface area contributed by atoms with E-state index in [0.717, 1.165) is 5.82 Å². The SMILES string of the molecule is O=C(CN1CCN(c2ccc(S(=O)(=O)N3CCOCC3)cn2)CC1)Nc1ccccc1Cl. The number of nitrogens with one attached hydrogen (secondary N) is 1. The fourth-order valence-corrected chi connectivity index (χ4v) is 5.28. The molecule has 2 aliphatic heterocycles. The summed E-state index contributed by atoms with van der Waals surface area (Å²) in [5.74, 6) is 0.619. The zero-order valence-corrected chi connectivity index (χ0v) is 19.2. The number of hydrogen-bond acceptors (Lipinski definition) is 7. The van der Waals surface area contributed by atoms with Gasteiger partial charge in [0.25, 0.3) is 0 Å². The van der Waals surface area contributed by atoms with Crippen LogP contribution in [0, 0.1) is 0 Å². The van der Waals surface area contributed by atoms with E-state index in [9.17, 15) is 13.2 Å². The highest BCUT2D eigenvalue weighted by Gasteiger charge is 2.27. The second-order valence-corrected chi connectivity index (χ2v) is 10.0. The molecule has 0 bridgehead atoms. The summed E-state index contributed by atoms with van der Waals surface area (Å²) in [6.45, 7) is 4.60. The van der Waals surface area contributed by atoms with Gasteiger partial charge in [0, 0.05) is 45.5 Å². The first-order chi connectivity index (χ1) is 15.4. The molecule has 11 heteroatoms. The number of nitrogens with zero attached hydrogens (tertiary/aromatic N) is 4. The predicted molar refractivity (Wildman–Crippen MR) is 123 cm³/mol. The van der Waals surface area contributed by atoms with Crippen molar-refractivity contribution in [3.05, 3.63) is 47.6 Å². The minimum atomic E-state index is -3.55. The van der Waals surface area contributed by atoms with Gasteiger partial charge in [0.15, 0.2) is 0 Å². The van der Waals surface area contributed by atoms with Crippen LogP contribution in [-0.2, 0) is 19.6 Å². The number of sulfonamides is 1. The topological polar surface area (TPSA) is 95.1 Å². The Labute approximate surface area is 193 Å². The highest BCUT2D eigenvalue weighted by Crippen LogP contribution is 2.21. The van der Waals surface area contributed by atoms with Gasteiger partial charge in [0.05, 0.1) is 30.5 Å². The van der Waals surface area contributed by atoms with Crippen LogP contribution in [0.1, 0.15) is 0 Å². The number of morpholine rings is 1. The minimum absolute atomic E-state index is 0.109. The molecule has 3 heterocycles. The van der Waals surface area contributed by atoms with Crippen LogP contribution < -0.4 is 10.2 Å². The number of pyridine rings is 1. The van der Waals surface area contributed by atoms with E-state index in [0.29, 0.717) is 63.2 Å². The van der Waals surface area contributed by atoms with Crippen LogP contribution in [-0.4, -0.2) is 87.5 Å². The average molecular weight is 480 g/mol. The molecular formula is C21H26ClN5O4S. The van der Waals surface area contributed by atoms with Crippen molar-refractivity contribution < 1.29 is 17.9 Å². The molecule has 172 valence electrons. The Bertz CT molecular complexity index is 1040. The number of aromatic nitrogens is 1. The van der Waals surface area contributed by atoms with Crippen molar-refractivity contribution in [1.82, 2.24) is 14.2 Å². The molecule has 0 unspecified atom stereocenters. The molecule has 1 N–H and O–H groups in total. The van der Waals surface area contributed by atoms with Gasteiger partial charge in [-0.3, -0.25) is 9.69 Å². The van der Waals surface area contributed by atoms with E-state index < -0.39 is 10.0 Å². The first-order valence-electron chi connectivity index (χ1n) is 10.5. The number of halogens is 1. The van der Waals surface area contributed by atoms with Crippen LogP contribution in [0.3, 0.4) is 0 Å². The zero-order chi connectivity index (χ0) is 22.6. The van der Waals surface area contributed by atoms with Crippen molar-refractivity contribution in [3.63, 3.8) is 0 Å². The number of carbonyl (C=O) groups is 1. The molecule has 0 radical (unpaired) electrons. The van der Waals surface area contributed by atoms with Crippen LogP contribution in [0.2, 0.25) is 5.02 Å². The van der Waals surface area contributed by atoms with Crippen molar-refractivity contribution in [2.45, 2.75) is 4.90 Å². The van der Waals surface area contributed by atoms with E-state index >= 15 is 0 Å². The molecule has 1 aromatic heterocycles. The van der Waals surface area contributed by atoms with Crippen LogP contribution in [0.15, 0.2) is 47.5 Å². The number of anilines is 2. The van der Waals surface area contributed by atoms with Crippen molar-refractivity contribution in [2.75, 3.05) is 69.2 Å². The number of hydrogen-bond donors (Lipinski definition) is 1. The molecule has 1 aromatic carbocycles. The van der Waals surface area contributed by atoms with Gasteiger partial charge in [-0.2, -0.15) is 4.31 Å². The third-order valence-corrected chi connectivity index (χ3v) is 7.75. The molecule has 1 amide bonds. The molecule has 0 aliphatic carbocycles. The van der Waals surface area contributed by atoms with Gasteiger partial charge in [-0.1, -0.05) is 23.7 Å². The average Bonchev–Trinajstić information content (AvgIpc) is 2.82. The number of carbonyl (C=O) groups excluding carboxylic acids is 1. The van der Waals surface area contributed by atoms with Crippen molar-refractivity contribution in [3.8, 4) is 0 Å². The standard InChI is InChI=1S/C21H26ClN5O4S/c22-18-3-1-2-4-19(18)24-21(28)16-25-7-9-26(10-8-25)20-6-5-17(15-23-20)32(29,30)27-11-13-31-14-12-27/h1-6,15H,7-14,16H2,(H,24,28). The third-order valence-electron chi connectivity index (χ3n) is 5.54. The molecule has 0 atom stereocenters. The Morgan fingerprint density at radius 3 is 2.41 bits per heavy atom. The Kier molecular flexibility index (Phi) is 7.27. The highest BCUT2D eigenvalue weighted by molar-refractivity contribution is 7.89. The lowest BCUT2D eigenvalue weighted by Gasteiger charge is -2.35. The molecule has 2 aliphatic rings. The van der Waals surface area contributed by atoms with E-state index in [-0.39, 0.29) is 17.3 Å². The lowest BCUT2D eigenvalue weighted by atomic mass is 10.3. The van der Waals surface area contributed by atoms with E-state index in [4.69, 9.17) is 16.3 Å². The molecule has 32 heavy (non-hydrogen) atoms. The molecule has 2 fully saturated rings. The number of para-hydroxylation sites is 1. The smallest absolute Gasteiger partial charge is 0.244 e. The maximum atomic E-state index is 12.7. The van der Waals surface area contributed by atoms with E-state index in [1.807, 2.05) is 12.1 Å². The lowest BCUT2D eigenvalue weighted by molar-refractivity contribution is -0.117. The quantitative estimate of drug-likeness (QED) is 0.671. The second kappa shape index (κ2) is 10.1. The molecule has 2 saturated heterocycles. The van der Waals surface area contributed by atoms with Gasteiger partial charge >= 0.3 is 0 Å². The molecule has 4 rings (SSSR count). The Hall–Kier alpha value is -2.24. The van der Waals surface area contributed by atoms with Crippen LogP contribution in [0.4, 0.5) is 11.5 Å². The van der Waals surface area contributed by atoms with E-state index in [1.165, 1.54) is 10.5 Å². The summed E-state index contributed by atoms with van der Waals surface area (Å²) in [5.41, 5.74) is 0.606. The Morgan fingerprint density at radius 1 is 1.03 bits per heavy atom. The number of ether oxygens (including phenoxy) is 1. The summed E-state index contributed by atoms with van der Waals surface area (Å²) < 4.78 is 32.1. The van der Waals surface area contributed by atoms with Crippen molar-refractivity contribution >= 4 is 39.0 Å². The largest absolute Gasteiger partial charge is 0.379 e. The third kappa shape index (κ3) is 5.38. The van der Waals surface area contributed by atoms with Crippen molar-refractivity contribution in [1.29, 1.82) is 0 Å². The molecule has 0 spiro atoms. The van der Waals surface area contributed by atoms with Crippen LogP contribution in [0.25, 0.3) is 0 Å². The summed E-state index contributed by atoms with van der Waals surface area (Å²) in [6, 6.07) is 10.5. The Morgan fingerprint density at radius 2 is 1.75 bits per heavy atom. The van der Waals surface area contributed by atoms with Gasteiger partial charge < -0.3 is 15.0 Å². The van der Waals surface area contributed by atoms with Gasteiger partial charge in [-0.05, 0) is 24.3 Å². The summed E-state index contributed by atoms with van der Waals surface area (Å²) in [4.78, 5) is 21.1. The molecular weight excluding hydrogens is 454 g/mol. The fourth-order valence-electron chi connectivity index (χ4n) is 3.74. The predicted octanol–water partition coefficient (Wildman–Crippen LogP) is 1.52. The van der Waals surface area contributed by atoms with Gasteiger partial charge in [0.2, 0.25) is 15.9 Å². The first-order valence-corrected chi connectivity index (χ1v) is 12.3. The maximum absolute atomic E-state index is 12.7. The first kappa shape index (κ1) is 22.9. The summed E-state index contributed by atoms with van der Waals surface area (Å²) in [6.07, 6.45) is 1.42. The van der Waals surface area contributed by atoms with Crippen LogP contribution >= 0.6 is 11.6 Å². The minimum Gasteiger partial charge on any atom is -0.379 e. The highest BCUT2D eigenvalue weighted by atomic mass is 35.5. The fraction of sp³-hybridized carbons (Fsp3) is 0.429. The molecule has 0 saturated carbocycles. The maximum Gasteiger partial charge on any atom is 0.244 e. The van der Waals surface area contributed by atoms with Gasteiger partial charge in [0.1, 0.15) is 10.7 Å². The lowest BCUT2D eigenvalue weighted by Crippen LogP contribution is -2.49. The normalized spacial score (nSPS) is 18.5.